The van der Waals surface area contributed by atoms with E-state index in [1.165, 1.54) is 4.90 Å². The molecule has 0 bridgehead atoms. The van der Waals surface area contributed by atoms with E-state index in [-0.39, 0.29) is 18.2 Å². The van der Waals surface area contributed by atoms with Crippen molar-refractivity contribution in [1.29, 1.82) is 0 Å². The smallest absolute Gasteiger partial charge is 0.326 e. The summed E-state index contributed by atoms with van der Waals surface area (Å²) in [6.45, 7) is 3.77. The van der Waals surface area contributed by atoms with E-state index in [9.17, 15) is 24.0 Å². The molecule has 1 fully saturated rings. The van der Waals surface area contributed by atoms with Crippen LogP contribution in [0.3, 0.4) is 0 Å². The number of carbonyl (C=O) groups is 5. The first-order valence-electron chi connectivity index (χ1n) is 9.28. The molecule has 0 aliphatic carbocycles. The lowest BCUT2D eigenvalue weighted by atomic mass is 10.0. The highest BCUT2D eigenvalue weighted by Crippen LogP contribution is 2.21. The van der Waals surface area contributed by atoms with E-state index in [0.717, 1.165) is 0 Å². The molecule has 0 spiro atoms. The van der Waals surface area contributed by atoms with Gasteiger partial charge in [-0.15, -0.1) is 0 Å². The molecule has 29 heavy (non-hydrogen) atoms. The van der Waals surface area contributed by atoms with Gasteiger partial charge in [0.1, 0.15) is 18.1 Å². The molecule has 164 valence electrons. The number of amides is 4. The van der Waals surface area contributed by atoms with Crippen molar-refractivity contribution in [3.63, 3.8) is 0 Å². The highest BCUT2D eigenvalue weighted by atomic mass is 32.1. The van der Waals surface area contributed by atoms with Crippen LogP contribution in [0.15, 0.2) is 0 Å². The van der Waals surface area contributed by atoms with Gasteiger partial charge in [-0.2, -0.15) is 12.6 Å². The van der Waals surface area contributed by atoms with Gasteiger partial charge in [-0.25, -0.2) is 4.79 Å². The molecule has 1 heterocycles. The summed E-state index contributed by atoms with van der Waals surface area (Å²) in [5.74, 6) is -4.12. The predicted molar refractivity (Wildman–Crippen MR) is 107 cm³/mol. The first kappa shape index (κ1) is 24.7. The maximum absolute atomic E-state index is 13.0. The minimum absolute atomic E-state index is 0.107. The fraction of sp³-hybridized carbons (Fsp3) is 0.706. The fourth-order valence-electron chi connectivity index (χ4n) is 3.01. The Balaban J connectivity index is 2.93. The number of thiol groups is 1. The first-order valence-corrected chi connectivity index (χ1v) is 9.91. The van der Waals surface area contributed by atoms with Gasteiger partial charge in [0, 0.05) is 12.3 Å². The van der Waals surface area contributed by atoms with E-state index < -0.39 is 60.2 Å². The van der Waals surface area contributed by atoms with Gasteiger partial charge in [-0.3, -0.25) is 19.2 Å². The van der Waals surface area contributed by atoms with Crippen molar-refractivity contribution in [2.24, 2.45) is 17.4 Å². The highest BCUT2D eigenvalue weighted by Gasteiger charge is 2.40. The Morgan fingerprint density at radius 1 is 1.21 bits per heavy atom. The van der Waals surface area contributed by atoms with Gasteiger partial charge in [-0.1, -0.05) is 13.8 Å². The topological polar surface area (TPSA) is 185 Å². The number of rotatable bonds is 10. The number of nitrogens with two attached hydrogens (primary N) is 2. The largest absolute Gasteiger partial charge is 0.480 e. The second-order valence-corrected chi connectivity index (χ2v) is 7.64. The third-order valence-electron chi connectivity index (χ3n) is 4.62. The molecular weight excluding hydrogens is 402 g/mol. The summed E-state index contributed by atoms with van der Waals surface area (Å²) in [5.41, 5.74) is 10.7. The zero-order valence-electron chi connectivity index (χ0n) is 16.5. The standard InChI is InChI=1S/C17H29N5O6S/c1-8(2)13(21-14(24)9(18)7-29)16(26)22-5-3-4-11(22)15(25)20-10(17(27)28)6-12(19)23/h8-11,13,29H,3-7,18H2,1-2H3,(H2,19,23)(H,20,25)(H,21,24)(H,27,28). The minimum atomic E-state index is -1.48. The van der Waals surface area contributed by atoms with E-state index >= 15 is 0 Å². The van der Waals surface area contributed by atoms with Gasteiger partial charge in [0.05, 0.1) is 12.5 Å². The predicted octanol–water partition coefficient (Wildman–Crippen LogP) is -2.18. The number of primary amides is 1. The lowest BCUT2D eigenvalue weighted by Crippen LogP contribution is -2.58. The first-order chi connectivity index (χ1) is 13.5. The molecule has 0 aromatic rings. The van der Waals surface area contributed by atoms with E-state index in [2.05, 4.69) is 23.3 Å². The van der Waals surface area contributed by atoms with Gasteiger partial charge in [0.2, 0.25) is 23.6 Å². The van der Waals surface area contributed by atoms with Crippen LogP contribution in [-0.4, -0.2) is 76.1 Å². The van der Waals surface area contributed by atoms with Crippen molar-refractivity contribution in [3.05, 3.63) is 0 Å². The molecule has 0 radical (unpaired) electrons. The number of likely N-dealkylation sites (tertiary alicyclic amines) is 1. The Hall–Kier alpha value is -2.34. The monoisotopic (exact) mass is 431 g/mol. The van der Waals surface area contributed by atoms with Crippen LogP contribution in [0.5, 0.6) is 0 Å². The summed E-state index contributed by atoms with van der Waals surface area (Å²) < 4.78 is 0. The highest BCUT2D eigenvalue weighted by molar-refractivity contribution is 7.80. The van der Waals surface area contributed by atoms with Gasteiger partial charge in [0.25, 0.3) is 0 Å². The van der Waals surface area contributed by atoms with Crippen molar-refractivity contribution >= 4 is 42.2 Å². The van der Waals surface area contributed by atoms with Crippen molar-refractivity contribution in [3.8, 4) is 0 Å². The number of nitrogens with one attached hydrogen (secondary N) is 2. The van der Waals surface area contributed by atoms with Crippen LogP contribution >= 0.6 is 12.6 Å². The van der Waals surface area contributed by atoms with Gasteiger partial charge in [0.15, 0.2) is 0 Å². The van der Waals surface area contributed by atoms with Crippen LogP contribution in [-0.2, 0) is 24.0 Å². The number of hydrogen-bond donors (Lipinski definition) is 6. The van der Waals surface area contributed by atoms with Crippen LogP contribution in [0.25, 0.3) is 0 Å². The van der Waals surface area contributed by atoms with Crippen molar-refractivity contribution in [2.75, 3.05) is 12.3 Å². The minimum Gasteiger partial charge on any atom is -0.480 e. The summed E-state index contributed by atoms with van der Waals surface area (Å²) in [6, 6.07) is -4.17. The van der Waals surface area contributed by atoms with E-state index in [1.54, 1.807) is 13.8 Å². The van der Waals surface area contributed by atoms with Crippen LogP contribution in [0.1, 0.15) is 33.1 Å². The molecule has 0 aromatic carbocycles. The third-order valence-corrected chi connectivity index (χ3v) is 5.02. The Kier molecular flexibility index (Phi) is 9.37. The van der Waals surface area contributed by atoms with Crippen molar-refractivity contribution in [2.45, 2.75) is 57.3 Å². The average Bonchev–Trinajstić information content (AvgIpc) is 3.13. The van der Waals surface area contributed by atoms with E-state index in [0.29, 0.717) is 12.8 Å². The van der Waals surface area contributed by atoms with Crippen LogP contribution in [0, 0.1) is 5.92 Å². The van der Waals surface area contributed by atoms with Crippen LogP contribution < -0.4 is 22.1 Å². The Morgan fingerprint density at radius 2 is 1.83 bits per heavy atom. The van der Waals surface area contributed by atoms with Gasteiger partial charge < -0.3 is 32.1 Å². The zero-order chi connectivity index (χ0) is 22.3. The van der Waals surface area contributed by atoms with Gasteiger partial charge in [-0.05, 0) is 18.8 Å². The second-order valence-electron chi connectivity index (χ2n) is 7.28. The summed E-state index contributed by atoms with van der Waals surface area (Å²) in [7, 11) is 0. The van der Waals surface area contributed by atoms with E-state index in [1.807, 2.05) is 0 Å². The zero-order valence-corrected chi connectivity index (χ0v) is 17.4. The molecular formula is C17H29N5O6S. The molecule has 1 aliphatic heterocycles. The Labute approximate surface area is 174 Å². The average molecular weight is 432 g/mol. The molecule has 4 amide bonds. The Morgan fingerprint density at radius 3 is 2.31 bits per heavy atom. The molecule has 0 aromatic heterocycles. The summed E-state index contributed by atoms with van der Waals surface area (Å²) in [4.78, 5) is 61.3. The number of carbonyl (C=O) groups excluding carboxylic acids is 4. The number of carboxylic acids is 1. The molecule has 11 nitrogen and oxygen atoms in total. The number of aliphatic carboxylic acids is 1. The molecule has 4 atom stereocenters. The maximum atomic E-state index is 13.0. The summed E-state index contributed by atoms with van der Waals surface area (Å²) in [5, 5.41) is 14.0. The maximum Gasteiger partial charge on any atom is 0.326 e. The van der Waals surface area contributed by atoms with Crippen LogP contribution in [0.4, 0.5) is 0 Å². The Bertz CT molecular complexity index is 658. The van der Waals surface area contributed by atoms with Crippen LogP contribution in [0.2, 0.25) is 0 Å². The molecule has 4 unspecified atom stereocenters. The van der Waals surface area contributed by atoms with Gasteiger partial charge >= 0.3 is 5.97 Å². The number of hydrogen-bond acceptors (Lipinski definition) is 7. The fourth-order valence-corrected chi connectivity index (χ4v) is 3.17. The second kappa shape index (κ2) is 11.0. The van der Waals surface area contributed by atoms with E-state index in [4.69, 9.17) is 16.6 Å². The summed E-state index contributed by atoms with van der Waals surface area (Å²) >= 11 is 3.97. The SMILES string of the molecule is CC(C)C(NC(=O)C(N)CS)C(=O)N1CCCC1C(=O)NC(CC(N)=O)C(=O)O. The lowest BCUT2D eigenvalue weighted by molar-refractivity contribution is -0.146. The normalized spacial score (nSPS) is 19.3. The van der Waals surface area contributed by atoms with Crippen molar-refractivity contribution < 1.29 is 29.1 Å². The number of carboxylic acid groups (broad SMARTS) is 1. The third kappa shape index (κ3) is 6.89. The lowest BCUT2D eigenvalue weighted by Gasteiger charge is -2.31. The van der Waals surface area contributed by atoms with Crippen molar-refractivity contribution in [1.82, 2.24) is 15.5 Å². The number of nitrogens with zero attached hydrogens (tertiary/aromatic N) is 1. The molecule has 1 saturated heterocycles. The molecule has 0 saturated carbocycles. The quantitative estimate of drug-likeness (QED) is 0.212. The summed E-state index contributed by atoms with van der Waals surface area (Å²) in [6.07, 6.45) is 0.301. The molecule has 1 aliphatic rings. The molecule has 7 N–H and O–H groups in total. The molecule has 12 heteroatoms. The molecule has 1 rings (SSSR count).